The van der Waals surface area contributed by atoms with Crippen LogP contribution in [0.25, 0.3) is 0 Å². The van der Waals surface area contributed by atoms with Crippen molar-refractivity contribution < 1.29 is 0 Å². The second kappa shape index (κ2) is 5.17. The molecule has 0 amide bonds. The van der Waals surface area contributed by atoms with E-state index in [-0.39, 0.29) is 0 Å². The molecule has 0 fully saturated rings. The summed E-state index contributed by atoms with van der Waals surface area (Å²) in [7, 11) is 0. The van der Waals surface area contributed by atoms with E-state index in [9.17, 15) is 0 Å². The molecule has 0 saturated heterocycles. The minimum Gasteiger partial charge on any atom is -0.0874 e. The molecule has 1 unspecified atom stereocenters. The first-order chi connectivity index (χ1) is 5.13. The van der Waals surface area contributed by atoms with Gasteiger partial charge in [0.25, 0.3) is 0 Å². The van der Waals surface area contributed by atoms with Gasteiger partial charge in [-0.3, -0.25) is 0 Å². The van der Waals surface area contributed by atoms with Crippen molar-refractivity contribution in [1.29, 1.82) is 0 Å². The fourth-order valence-electron chi connectivity index (χ4n) is 1.22. The molecule has 0 heteroatoms. The van der Waals surface area contributed by atoms with Crippen LogP contribution in [0.5, 0.6) is 0 Å². The highest BCUT2D eigenvalue weighted by atomic mass is 14.1. The molecule has 0 rings (SSSR count). The van der Waals surface area contributed by atoms with Gasteiger partial charge in [0.2, 0.25) is 0 Å². The predicted molar refractivity (Wildman–Crippen MR) is 52.6 cm³/mol. The Hall–Kier alpha value is -0.520. The Morgan fingerprint density at radius 2 is 1.91 bits per heavy atom. The zero-order valence-electron chi connectivity index (χ0n) is 8.44. The van der Waals surface area contributed by atoms with Crippen LogP contribution in [0.3, 0.4) is 0 Å². The molecule has 0 aliphatic rings. The first-order valence-electron chi connectivity index (χ1n) is 4.43. The van der Waals surface area contributed by atoms with Crippen molar-refractivity contribution in [3.8, 4) is 0 Å². The van der Waals surface area contributed by atoms with E-state index in [0.717, 1.165) is 0 Å². The Kier molecular flexibility index (Phi) is 4.93. The fraction of sp³-hybridized carbons (Fsp3) is 0.636. The molecule has 0 saturated carbocycles. The van der Waals surface area contributed by atoms with E-state index < -0.39 is 0 Å². The molecule has 0 N–H and O–H groups in total. The van der Waals surface area contributed by atoms with Crippen molar-refractivity contribution in [2.75, 3.05) is 0 Å². The lowest BCUT2D eigenvalue weighted by atomic mass is 9.94. The van der Waals surface area contributed by atoms with Gasteiger partial charge in [0.1, 0.15) is 0 Å². The van der Waals surface area contributed by atoms with Crippen molar-refractivity contribution in [2.45, 2.75) is 41.0 Å². The van der Waals surface area contributed by atoms with E-state index in [0.29, 0.717) is 5.92 Å². The second-order valence-corrected chi connectivity index (χ2v) is 3.26. The van der Waals surface area contributed by atoms with Gasteiger partial charge < -0.3 is 0 Å². The molecule has 0 aromatic carbocycles. The average molecular weight is 152 g/mol. The molecule has 0 aliphatic heterocycles. The summed E-state index contributed by atoms with van der Waals surface area (Å²) in [6.45, 7) is 11.0. The van der Waals surface area contributed by atoms with Crippen LogP contribution < -0.4 is 0 Å². The zero-order chi connectivity index (χ0) is 8.85. The molecule has 0 aliphatic carbocycles. The quantitative estimate of drug-likeness (QED) is 0.537. The molecular weight excluding hydrogens is 132 g/mol. The van der Waals surface area contributed by atoms with E-state index in [2.05, 4.69) is 46.8 Å². The Morgan fingerprint density at radius 1 is 1.36 bits per heavy atom. The maximum atomic E-state index is 2.28. The second-order valence-electron chi connectivity index (χ2n) is 3.26. The fourth-order valence-corrected chi connectivity index (χ4v) is 1.22. The van der Waals surface area contributed by atoms with Crippen LogP contribution in [-0.2, 0) is 0 Å². The maximum Gasteiger partial charge on any atom is -0.0194 e. The molecule has 0 aromatic heterocycles. The van der Waals surface area contributed by atoms with Gasteiger partial charge in [0.05, 0.1) is 0 Å². The average Bonchev–Trinajstić information content (AvgIpc) is 1.98. The van der Waals surface area contributed by atoms with Crippen molar-refractivity contribution >= 4 is 0 Å². The highest BCUT2D eigenvalue weighted by Gasteiger charge is 2.03. The highest BCUT2D eigenvalue weighted by Crippen LogP contribution is 2.19. The molecule has 0 nitrogen and oxygen atoms in total. The van der Waals surface area contributed by atoms with Gasteiger partial charge >= 0.3 is 0 Å². The van der Waals surface area contributed by atoms with Crippen molar-refractivity contribution in [1.82, 2.24) is 0 Å². The van der Waals surface area contributed by atoms with Crippen LogP contribution >= 0.6 is 0 Å². The van der Waals surface area contributed by atoms with Gasteiger partial charge in [-0.05, 0) is 38.7 Å². The first kappa shape index (κ1) is 10.5. The van der Waals surface area contributed by atoms with Gasteiger partial charge in [-0.1, -0.05) is 31.6 Å². The molecular formula is C11H20. The lowest BCUT2D eigenvalue weighted by Crippen LogP contribution is -1.96. The summed E-state index contributed by atoms with van der Waals surface area (Å²) in [5.74, 6) is 0.705. The zero-order valence-corrected chi connectivity index (χ0v) is 8.44. The molecule has 0 heterocycles. The van der Waals surface area contributed by atoms with Crippen LogP contribution in [0.15, 0.2) is 23.3 Å². The van der Waals surface area contributed by atoms with Gasteiger partial charge in [-0.2, -0.15) is 0 Å². The normalized spacial score (nSPS) is 13.5. The van der Waals surface area contributed by atoms with E-state index in [1.54, 1.807) is 0 Å². The minimum absolute atomic E-state index is 0.705. The topological polar surface area (TPSA) is 0 Å². The lowest BCUT2D eigenvalue weighted by molar-refractivity contribution is 0.663. The standard InChI is InChI=1S/C11H20/c1-6-8-11(9(3)4)10(5)7-2/h6,8,10H,7H2,1-5H3/b8-6-. The summed E-state index contributed by atoms with van der Waals surface area (Å²) in [4.78, 5) is 0. The molecule has 0 spiro atoms. The molecule has 0 bridgehead atoms. The molecule has 11 heavy (non-hydrogen) atoms. The van der Waals surface area contributed by atoms with Gasteiger partial charge in [-0.25, -0.2) is 0 Å². The van der Waals surface area contributed by atoms with Crippen LogP contribution in [-0.4, -0.2) is 0 Å². The smallest absolute Gasteiger partial charge is 0.0194 e. The third-order valence-corrected chi connectivity index (χ3v) is 2.07. The van der Waals surface area contributed by atoms with Crippen LogP contribution in [0.2, 0.25) is 0 Å². The first-order valence-corrected chi connectivity index (χ1v) is 4.43. The van der Waals surface area contributed by atoms with E-state index in [1.807, 2.05) is 0 Å². The molecule has 0 aromatic rings. The predicted octanol–water partition coefficient (Wildman–Crippen LogP) is 3.95. The maximum absolute atomic E-state index is 2.28. The third kappa shape index (κ3) is 3.41. The Labute approximate surface area is 71.0 Å². The minimum atomic E-state index is 0.705. The van der Waals surface area contributed by atoms with E-state index in [4.69, 9.17) is 0 Å². The monoisotopic (exact) mass is 152 g/mol. The van der Waals surface area contributed by atoms with Gasteiger partial charge in [0.15, 0.2) is 0 Å². The molecule has 1 atom stereocenters. The van der Waals surface area contributed by atoms with Crippen molar-refractivity contribution in [3.63, 3.8) is 0 Å². The SMILES string of the molecule is C/C=C\C(=C(C)C)C(C)CC. The summed E-state index contributed by atoms with van der Waals surface area (Å²) < 4.78 is 0. The van der Waals surface area contributed by atoms with Crippen LogP contribution in [0, 0.1) is 5.92 Å². The largest absolute Gasteiger partial charge is 0.0874 e. The van der Waals surface area contributed by atoms with Crippen molar-refractivity contribution in [2.24, 2.45) is 5.92 Å². The summed E-state index contributed by atoms with van der Waals surface area (Å²) in [6, 6.07) is 0. The lowest BCUT2D eigenvalue weighted by Gasteiger charge is -2.11. The summed E-state index contributed by atoms with van der Waals surface area (Å²) in [5.41, 5.74) is 2.94. The molecule has 0 radical (unpaired) electrons. The third-order valence-electron chi connectivity index (χ3n) is 2.07. The Balaban J connectivity index is 4.48. The Morgan fingerprint density at radius 3 is 2.18 bits per heavy atom. The van der Waals surface area contributed by atoms with Gasteiger partial charge in [-0.15, -0.1) is 0 Å². The number of rotatable bonds is 3. The van der Waals surface area contributed by atoms with Crippen LogP contribution in [0.4, 0.5) is 0 Å². The number of hydrogen-bond acceptors (Lipinski definition) is 0. The highest BCUT2D eigenvalue weighted by molar-refractivity contribution is 5.25. The number of hydrogen-bond donors (Lipinski definition) is 0. The number of allylic oxidation sites excluding steroid dienone is 4. The van der Waals surface area contributed by atoms with Gasteiger partial charge in [0, 0.05) is 0 Å². The summed E-state index contributed by atoms with van der Waals surface area (Å²) in [5, 5.41) is 0. The summed E-state index contributed by atoms with van der Waals surface area (Å²) >= 11 is 0. The van der Waals surface area contributed by atoms with E-state index >= 15 is 0 Å². The van der Waals surface area contributed by atoms with Crippen molar-refractivity contribution in [3.05, 3.63) is 23.3 Å². The van der Waals surface area contributed by atoms with Crippen LogP contribution in [0.1, 0.15) is 41.0 Å². The summed E-state index contributed by atoms with van der Waals surface area (Å²) in [6.07, 6.45) is 5.57. The molecule has 64 valence electrons. The van der Waals surface area contributed by atoms with E-state index in [1.165, 1.54) is 17.6 Å². The Bertz CT molecular complexity index is 157.